The molecule has 3 heteroatoms. The maximum atomic E-state index is 6.02. The number of methoxy groups -OCH3 is 1. The zero-order valence-corrected chi connectivity index (χ0v) is 10.1. The Morgan fingerprint density at radius 1 is 1.47 bits per heavy atom. The molecule has 0 amide bonds. The van der Waals surface area contributed by atoms with E-state index in [0.717, 1.165) is 25.0 Å². The van der Waals surface area contributed by atoms with Crippen LogP contribution in [0.3, 0.4) is 0 Å². The molecule has 1 atom stereocenters. The molecule has 84 valence electrons. The van der Waals surface area contributed by atoms with Gasteiger partial charge in [0, 0.05) is 6.04 Å². The number of hydrogen-bond donors (Lipinski definition) is 1. The number of ether oxygens (including phenoxy) is 1. The summed E-state index contributed by atoms with van der Waals surface area (Å²) in [7, 11) is 1.62. The SMILES string of the molecule is CCC(N)CCc1ccc(OC)c(Cl)c1. The molecule has 0 radical (unpaired) electrons. The number of benzene rings is 1. The Labute approximate surface area is 96.4 Å². The smallest absolute Gasteiger partial charge is 0.137 e. The molecule has 1 unspecified atom stereocenters. The highest BCUT2D eigenvalue weighted by Gasteiger charge is 2.04. The van der Waals surface area contributed by atoms with Crippen LogP contribution >= 0.6 is 11.6 Å². The summed E-state index contributed by atoms with van der Waals surface area (Å²) in [6, 6.07) is 6.16. The fourth-order valence-corrected chi connectivity index (χ4v) is 1.70. The fourth-order valence-electron chi connectivity index (χ4n) is 1.42. The van der Waals surface area contributed by atoms with Gasteiger partial charge in [0.25, 0.3) is 0 Å². The molecule has 0 aliphatic heterocycles. The van der Waals surface area contributed by atoms with Crippen molar-refractivity contribution in [3.8, 4) is 5.75 Å². The van der Waals surface area contributed by atoms with Crippen molar-refractivity contribution in [2.24, 2.45) is 5.73 Å². The summed E-state index contributed by atoms with van der Waals surface area (Å²) >= 11 is 6.02. The minimum absolute atomic E-state index is 0.283. The van der Waals surface area contributed by atoms with Gasteiger partial charge in [0.2, 0.25) is 0 Å². The molecule has 0 aromatic heterocycles. The number of nitrogens with two attached hydrogens (primary N) is 1. The maximum Gasteiger partial charge on any atom is 0.137 e. The molecular weight excluding hydrogens is 210 g/mol. The van der Waals surface area contributed by atoms with Gasteiger partial charge in [-0.1, -0.05) is 24.6 Å². The molecule has 0 aliphatic carbocycles. The standard InChI is InChI=1S/C12H18ClNO/c1-3-10(14)6-4-9-5-7-12(15-2)11(13)8-9/h5,7-8,10H,3-4,6,14H2,1-2H3. The minimum Gasteiger partial charge on any atom is -0.495 e. The molecular formula is C12H18ClNO. The Bertz CT molecular complexity index is 314. The zero-order valence-electron chi connectivity index (χ0n) is 9.29. The van der Waals surface area contributed by atoms with Crippen molar-refractivity contribution >= 4 is 11.6 Å². The normalized spacial score (nSPS) is 12.5. The lowest BCUT2D eigenvalue weighted by molar-refractivity contribution is 0.415. The highest BCUT2D eigenvalue weighted by atomic mass is 35.5. The largest absolute Gasteiger partial charge is 0.495 e. The Balaban J connectivity index is 2.59. The van der Waals surface area contributed by atoms with Gasteiger partial charge in [-0.15, -0.1) is 0 Å². The number of halogens is 1. The van der Waals surface area contributed by atoms with Crippen molar-refractivity contribution in [1.82, 2.24) is 0 Å². The van der Waals surface area contributed by atoms with Crippen LogP contribution in [-0.4, -0.2) is 13.2 Å². The van der Waals surface area contributed by atoms with E-state index in [1.54, 1.807) is 7.11 Å². The minimum atomic E-state index is 0.283. The third-order valence-corrected chi connectivity index (χ3v) is 2.84. The summed E-state index contributed by atoms with van der Waals surface area (Å²) in [4.78, 5) is 0. The van der Waals surface area contributed by atoms with Gasteiger partial charge in [0.1, 0.15) is 5.75 Å². The van der Waals surface area contributed by atoms with Crippen molar-refractivity contribution in [1.29, 1.82) is 0 Å². The Morgan fingerprint density at radius 2 is 2.20 bits per heavy atom. The lowest BCUT2D eigenvalue weighted by atomic mass is 10.0. The summed E-state index contributed by atoms with van der Waals surface area (Å²) in [5, 5.41) is 0.667. The first-order valence-corrected chi connectivity index (χ1v) is 5.63. The predicted octanol–water partition coefficient (Wildman–Crippen LogP) is 3.02. The third kappa shape index (κ3) is 3.73. The van der Waals surface area contributed by atoms with Crippen LogP contribution in [0.5, 0.6) is 5.75 Å². The molecule has 0 bridgehead atoms. The monoisotopic (exact) mass is 227 g/mol. The second-order valence-corrected chi connectivity index (χ2v) is 4.08. The van der Waals surface area contributed by atoms with Crippen molar-refractivity contribution in [2.75, 3.05) is 7.11 Å². The van der Waals surface area contributed by atoms with Gasteiger partial charge in [-0.3, -0.25) is 0 Å². The van der Waals surface area contributed by atoms with Gasteiger partial charge in [0.05, 0.1) is 12.1 Å². The van der Waals surface area contributed by atoms with Gasteiger partial charge in [-0.2, -0.15) is 0 Å². The van der Waals surface area contributed by atoms with Crippen molar-refractivity contribution in [3.05, 3.63) is 28.8 Å². The van der Waals surface area contributed by atoms with Gasteiger partial charge in [-0.05, 0) is 37.0 Å². The van der Waals surface area contributed by atoms with Crippen molar-refractivity contribution in [3.63, 3.8) is 0 Å². The Morgan fingerprint density at radius 3 is 2.73 bits per heavy atom. The van der Waals surface area contributed by atoms with Crippen molar-refractivity contribution < 1.29 is 4.74 Å². The van der Waals surface area contributed by atoms with E-state index in [9.17, 15) is 0 Å². The third-order valence-electron chi connectivity index (χ3n) is 2.54. The Kier molecular flexibility index (Phi) is 4.92. The van der Waals surface area contributed by atoms with E-state index >= 15 is 0 Å². The predicted molar refractivity (Wildman–Crippen MR) is 64.6 cm³/mol. The van der Waals surface area contributed by atoms with Crippen LogP contribution in [0.4, 0.5) is 0 Å². The average molecular weight is 228 g/mol. The second kappa shape index (κ2) is 5.99. The first-order valence-electron chi connectivity index (χ1n) is 5.25. The fraction of sp³-hybridized carbons (Fsp3) is 0.500. The number of aryl methyl sites for hydroxylation is 1. The molecule has 0 saturated heterocycles. The lowest BCUT2D eigenvalue weighted by Gasteiger charge is -2.09. The molecule has 1 rings (SSSR count). The van der Waals surface area contributed by atoms with Crippen LogP contribution in [0.2, 0.25) is 5.02 Å². The molecule has 0 saturated carbocycles. The number of hydrogen-bond acceptors (Lipinski definition) is 2. The van der Waals surface area contributed by atoms with E-state index in [4.69, 9.17) is 22.1 Å². The molecule has 0 heterocycles. The Hall–Kier alpha value is -0.730. The van der Waals surface area contributed by atoms with Crippen LogP contribution in [0.15, 0.2) is 18.2 Å². The first kappa shape index (κ1) is 12.3. The lowest BCUT2D eigenvalue weighted by Crippen LogP contribution is -2.19. The van der Waals surface area contributed by atoms with E-state index in [-0.39, 0.29) is 6.04 Å². The number of rotatable bonds is 5. The molecule has 1 aromatic rings. The summed E-state index contributed by atoms with van der Waals surface area (Å²) in [6.45, 7) is 2.10. The van der Waals surface area contributed by atoms with Crippen LogP contribution in [0, 0.1) is 0 Å². The van der Waals surface area contributed by atoms with E-state index < -0.39 is 0 Å². The van der Waals surface area contributed by atoms with Crippen LogP contribution in [0.1, 0.15) is 25.3 Å². The van der Waals surface area contributed by atoms with Crippen LogP contribution in [0.25, 0.3) is 0 Å². The highest BCUT2D eigenvalue weighted by molar-refractivity contribution is 6.32. The van der Waals surface area contributed by atoms with Gasteiger partial charge in [-0.25, -0.2) is 0 Å². The molecule has 2 nitrogen and oxygen atoms in total. The van der Waals surface area contributed by atoms with Gasteiger partial charge < -0.3 is 10.5 Å². The topological polar surface area (TPSA) is 35.2 Å². The van der Waals surface area contributed by atoms with Gasteiger partial charge in [0.15, 0.2) is 0 Å². The van der Waals surface area contributed by atoms with Crippen LogP contribution < -0.4 is 10.5 Å². The summed E-state index contributed by atoms with van der Waals surface area (Å²) in [5.74, 6) is 0.722. The van der Waals surface area contributed by atoms with E-state index in [2.05, 4.69) is 6.92 Å². The molecule has 0 aliphatic rings. The summed E-state index contributed by atoms with van der Waals surface area (Å²) in [6.07, 6.45) is 2.99. The second-order valence-electron chi connectivity index (χ2n) is 3.68. The molecule has 1 aromatic carbocycles. The molecule has 0 fully saturated rings. The summed E-state index contributed by atoms with van der Waals surface area (Å²) in [5.41, 5.74) is 7.07. The molecule has 0 spiro atoms. The van der Waals surface area contributed by atoms with E-state index in [1.165, 1.54) is 5.56 Å². The average Bonchev–Trinajstić information content (AvgIpc) is 2.26. The zero-order chi connectivity index (χ0) is 11.3. The van der Waals surface area contributed by atoms with E-state index in [0.29, 0.717) is 5.02 Å². The highest BCUT2D eigenvalue weighted by Crippen LogP contribution is 2.25. The molecule has 2 N–H and O–H groups in total. The molecule has 15 heavy (non-hydrogen) atoms. The maximum absolute atomic E-state index is 6.02. The quantitative estimate of drug-likeness (QED) is 0.839. The van der Waals surface area contributed by atoms with Crippen molar-refractivity contribution in [2.45, 2.75) is 32.2 Å². The first-order chi connectivity index (χ1) is 7.17. The van der Waals surface area contributed by atoms with E-state index in [1.807, 2.05) is 18.2 Å². The summed E-state index contributed by atoms with van der Waals surface area (Å²) < 4.78 is 5.09. The van der Waals surface area contributed by atoms with Gasteiger partial charge >= 0.3 is 0 Å². The van der Waals surface area contributed by atoms with Crippen LogP contribution in [-0.2, 0) is 6.42 Å².